The number of nitrogen functional groups attached to an aromatic ring is 1. The summed E-state index contributed by atoms with van der Waals surface area (Å²) < 4.78 is 0. The molecule has 1 aromatic heterocycles. The molecule has 0 saturated carbocycles. The number of hydrogen-bond acceptors (Lipinski definition) is 5. The molecule has 0 unspecified atom stereocenters. The van der Waals surface area contributed by atoms with E-state index < -0.39 is 0 Å². The molecule has 0 atom stereocenters. The van der Waals surface area contributed by atoms with Crippen molar-refractivity contribution in [3.8, 4) is 0 Å². The van der Waals surface area contributed by atoms with E-state index in [9.17, 15) is 0 Å². The Hall–Kier alpha value is -1.69. The van der Waals surface area contributed by atoms with Gasteiger partial charge in [0, 0.05) is 26.2 Å². The lowest BCUT2D eigenvalue weighted by Gasteiger charge is -2.35. The van der Waals surface area contributed by atoms with Gasteiger partial charge in [-0.1, -0.05) is 6.92 Å². The van der Waals surface area contributed by atoms with Gasteiger partial charge in [-0.15, -0.1) is 5.10 Å². The highest BCUT2D eigenvalue weighted by atomic mass is 15.3. The van der Waals surface area contributed by atoms with Crippen LogP contribution >= 0.6 is 0 Å². The Kier molecular flexibility index (Phi) is 3.99. The number of anilines is 1. The molecule has 1 aliphatic rings. The van der Waals surface area contributed by atoms with Gasteiger partial charge in [0.15, 0.2) is 5.82 Å². The number of nitrogens with two attached hydrogens (primary N) is 1. The van der Waals surface area contributed by atoms with Gasteiger partial charge in [-0.05, 0) is 26.0 Å². The van der Waals surface area contributed by atoms with Crippen LogP contribution in [0.3, 0.4) is 0 Å². The van der Waals surface area contributed by atoms with Crippen molar-refractivity contribution in [2.24, 2.45) is 5.73 Å². The van der Waals surface area contributed by atoms with Crippen LogP contribution in [0.1, 0.15) is 23.7 Å². The molecular weight excluding hydrogens is 240 g/mol. The molecule has 1 aliphatic heterocycles. The van der Waals surface area contributed by atoms with Crippen molar-refractivity contribution in [3.05, 3.63) is 16.8 Å². The summed E-state index contributed by atoms with van der Waals surface area (Å²) in [6.45, 7) is 10.9. The smallest absolute Gasteiger partial charge is 0.162 e. The number of nitrogens with one attached hydrogen (secondary N) is 1. The fourth-order valence-corrected chi connectivity index (χ4v) is 2.42. The van der Waals surface area contributed by atoms with Gasteiger partial charge in [0.1, 0.15) is 5.84 Å². The molecular formula is C13H22N6. The number of aromatic nitrogens is 2. The SMILES string of the molecule is CCN1CCN(c2nnc(C)c(C)c2C(=N)N)CC1. The van der Waals surface area contributed by atoms with E-state index in [4.69, 9.17) is 11.1 Å². The third-order valence-corrected chi connectivity index (χ3v) is 3.82. The summed E-state index contributed by atoms with van der Waals surface area (Å²) in [7, 11) is 0. The van der Waals surface area contributed by atoms with E-state index in [1.807, 2.05) is 13.8 Å². The maximum atomic E-state index is 7.78. The Labute approximate surface area is 114 Å². The normalized spacial score (nSPS) is 16.7. The lowest BCUT2D eigenvalue weighted by Crippen LogP contribution is -2.47. The Morgan fingerprint density at radius 3 is 2.37 bits per heavy atom. The third-order valence-electron chi connectivity index (χ3n) is 3.82. The van der Waals surface area contributed by atoms with Gasteiger partial charge in [-0.25, -0.2) is 0 Å². The predicted octanol–water partition coefficient (Wildman–Crippen LogP) is 0.519. The Balaban J connectivity index is 2.30. The molecule has 2 rings (SSSR count). The maximum absolute atomic E-state index is 7.78. The van der Waals surface area contributed by atoms with Crippen molar-refractivity contribution in [2.75, 3.05) is 37.6 Å². The Morgan fingerprint density at radius 2 is 1.84 bits per heavy atom. The molecule has 6 nitrogen and oxygen atoms in total. The first-order valence-electron chi connectivity index (χ1n) is 6.70. The molecule has 1 fully saturated rings. The maximum Gasteiger partial charge on any atom is 0.162 e. The second kappa shape index (κ2) is 5.52. The van der Waals surface area contributed by atoms with Crippen LogP contribution in [0.25, 0.3) is 0 Å². The monoisotopic (exact) mass is 262 g/mol. The Bertz CT molecular complexity index is 476. The van der Waals surface area contributed by atoms with Crippen molar-refractivity contribution in [1.82, 2.24) is 15.1 Å². The number of hydrogen-bond donors (Lipinski definition) is 2. The number of rotatable bonds is 3. The molecule has 1 aromatic rings. The van der Waals surface area contributed by atoms with E-state index in [1.54, 1.807) is 0 Å². The average molecular weight is 262 g/mol. The van der Waals surface area contributed by atoms with Gasteiger partial charge in [-0.2, -0.15) is 5.10 Å². The lowest BCUT2D eigenvalue weighted by molar-refractivity contribution is 0.270. The quantitative estimate of drug-likeness (QED) is 0.613. The van der Waals surface area contributed by atoms with Crippen molar-refractivity contribution < 1.29 is 0 Å². The molecule has 6 heteroatoms. The van der Waals surface area contributed by atoms with Crippen LogP contribution in [0.4, 0.5) is 5.82 Å². The number of aryl methyl sites for hydroxylation is 1. The van der Waals surface area contributed by atoms with Crippen LogP contribution in [0.15, 0.2) is 0 Å². The van der Waals surface area contributed by atoms with Crippen molar-refractivity contribution in [2.45, 2.75) is 20.8 Å². The van der Waals surface area contributed by atoms with Gasteiger partial charge in [0.25, 0.3) is 0 Å². The van der Waals surface area contributed by atoms with E-state index in [-0.39, 0.29) is 5.84 Å². The fourth-order valence-electron chi connectivity index (χ4n) is 2.42. The van der Waals surface area contributed by atoms with Gasteiger partial charge < -0.3 is 15.5 Å². The molecule has 3 N–H and O–H groups in total. The van der Waals surface area contributed by atoms with E-state index in [2.05, 4.69) is 26.9 Å². The molecule has 0 bridgehead atoms. The first kappa shape index (κ1) is 13.7. The molecule has 104 valence electrons. The van der Waals surface area contributed by atoms with Gasteiger partial charge in [0.05, 0.1) is 11.3 Å². The van der Waals surface area contributed by atoms with E-state index >= 15 is 0 Å². The molecule has 0 aliphatic carbocycles. The zero-order valence-corrected chi connectivity index (χ0v) is 11.9. The number of nitrogens with zero attached hydrogens (tertiary/aromatic N) is 4. The van der Waals surface area contributed by atoms with E-state index in [1.165, 1.54) is 0 Å². The highest BCUT2D eigenvalue weighted by Crippen LogP contribution is 2.22. The van der Waals surface area contributed by atoms with Crippen LogP contribution in [0, 0.1) is 19.3 Å². The zero-order valence-electron chi connectivity index (χ0n) is 11.9. The van der Waals surface area contributed by atoms with E-state index in [0.29, 0.717) is 0 Å². The summed E-state index contributed by atoms with van der Waals surface area (Å²) in [6.07, 6.45) is 0. The molecule has 1 saturated heterocycles. The molecule has 0 radical (unpaired) electrons. The number of amidine groups is 1. The van der Waals surface area contributed by atoms with Gasteiger partial charge in [-0.3, -0.25) is 5.41 Å². The van der Waals surface area contributed by atoms with E-state index in [0.717, 1.165) is 55.4 Å². The summed E-state index contributed by atoms with van der Waals surface area (Å²) in [5.74, 6) is 0.828. The zero-order chi connectivity index (χ0) is 14.0. The summed E-state index contributed by atoms with van der Waals surface area (Å²) >= 11 is 0. The van der Waals surface area contributed by atoms with Crippen LogP contribution in [0.5, 0.6) is 0 Å². The highest BCUT2D eigenvalue weighted by molar-refractivity contribution is 6.01. The molecule has 2 heterocycles. The topological polar surface area (TPSA) is 82.1 Å². The second-order valence-electron chi connectivity index (χ2n) is 4.94. The van der Waals surface area contributed by atoms with Crippen molar-refractivity contribution in [3.63, 3.8) is 0 Å². The minimum absolute atomic E-state index is 0.0726. The average Bonchev–Trinajstić information content (AvgIpc) is 2.41. The minimum Gasteiger partial charge on any atom is -0.384 e. The summed E-state index contributed by atoms with van der Waals surface area (Å²) in [4.78, 5) is 4.58. The minimum atomic E-state index is 0.0726. The van der Waals surface area contributed by atoms with Crippen LogP contribution in [-0.2, 0) is 0 Å². The van der Waals surface area contributed by atoms with Gasteiger partial charge >= 0.3 is 0 Å². The molecule has 0 amide bonds. The summed E-state index contributed by atoms with van der Waals surface area (Å²) in [5.41, 5.74) is 8.25. The highest BCUT2D eigenvalue weighted by Gasteiger charge is 2.22. The first-order chi connectivity index (χ1) is 9.04. The Morgan fingerprint density at radius 1 is 1.21 bits per heavy atom. The third kappa shape index (κ3) is 2.68. The number of piperazine rings is 1. The van der Waals surface area contributed by atoms with Crippen molar-refractivity contribution >= 4 is 11.7 Å². The van der Waals surface area contributed by atoms with Crippen LogP contribution in [-0.4, -0.2) is 53.7 Å². The predicted molar refractivity (Wildman–Crippen MR) is 76.8 cm³/mol. The second-order valence-corrected chi connectivity index (χ2v) is 4.94. The van der Waals surface area contributed by atoms with Crippen molar-refractivity contribution in [1.29, 1.82) is 5.41 Å². The standard InChI is InChI=1S/C13H22N6/c1-4-18-5-7-19(8-6-18)13-11(12(14)15)9(2)10(3)16-17-13/h4-8H2,1-3H3,(H3,14,15). The summed E-state index contributed by atoms with van der Waals surface area (Å²) in [5, 5.41) is 16.2. The first-order valence-corrected chi connectivity index (χ1v) is 6.70. The van der Waals surface area contributed by atoms with Crippen LogP contribution < -0.4 is 10.6 Å². The van der Waals surface area contributed by atoms with Crippen LogP contribution in [0.2, 0.25) is 0 Å². The molecule has 19 heavy (non-hydrogen) atoms. The van der Waals surface area contributed by atoms with Gasteiger partial charge in [0.2, 0.25) is 0 Å². The molecule has 0 spiro atoms. The molecule has 0 aromatic carbocycles. The number of likely N-dealkylation sites (N-methyl/N-ethyl adjacent to an activating group) is 1. The lowest BCUT2D eigenvalue weighted by atomic mass is 10.1. The fraction of sp³-hybridized carbons (Fsp3) is 0.615. The summed E-state index contributed by atoms with van der Waals surface area (Å²) in [6, 6.07) is 0. The largest absolute Gasteiger partial charge is 0.384 e.